The van der Waals surface area contributed by atoms with Gasteiger partial charge in [0.25, 0.3) is 0 Å². The van der Waals surface area contributed by atoms with Crippen LogP contribution in [0, 0.1) is 53.8 Å². The number of carbonyl (C=O) groups is 1. The van der Waals surface area contributed by atoms with Crippen molar-refractivity contribution < 1.29 is 4.79 Å². The fraction of sp³-hybridized carbons (Fsp3) is 0.741. The number of Topliss-reactive ketones (excluding diaryl/α,β-unsaturated/α-hetero) is 1. The molecule has 4 saturated carbocycles. The van der Waals surface area contributed by atoms with Gasteiger partial charge in [-0.1, -0.05) is 50.1 Å². The third-order valence-corrected chi connectivity index (χ3v) is 9.87. The van der Waals surface area contributed by atoms with Crippen molar-refractivity contribution >= 4 is 5.78 Å². The largest absolute Gasteiger partial charge is 0.294 e. The quantitative estimate of drug-likeness (QED) is 0.502. The van der Waals surface area contributed by atoms with Gasteiger partial charge in [-0.2, -0.15) is 0 Å². The standard InChI is InChI=1S/C27H38O/c1-17-4-7-19(8-5-17)26(28)25-13-12-24-23-11-9-20-16-18(2)6-10-21(20)22(23)14-15-27(24,25)3/h4-5,7-8,18,20-25H,6,9-16H2,1-3H3. The highest BCUT2D eigenvalue weighted by molar-refractivity contribution is 5.98. The third-order valence-electron chi connectivity index (χ3n) is 9.87. The van der Waals surface area contributed by atoms with Crippen molar-refractivity contribution in [3.63, 3.8) is 0 Å². The van der Waals surface area contributed by atoms with Gasteiger partial charge in [-0.05, 0) is 99.2 Å². The average Bonchev–Trinajstić information content (AvgIpc) is 3.04. The molecule has 0 radical (unpaired) electrons. The van der Waals surface area contributed by atoms with E-state index in [0.29, 0.717) is 5.78 Å². The molecule has 1 aromatic rings. The van der Waals surface area contributed by atoms with Crippen molar-refractivity contribution in [2.75, 3.05) is 0 Å². The molecule has 0 heterocycles. The zero-order valence-electron chi connectivity index (χ0n) is 18.1. The van der Waals surface area contributed by atoms with Crippen molar-refractivity contribution in [2.45, 2.75) is 78.6 Å². The van der Waals surface area contributed by atoms with Crippen molar-refractivity contribution in [2.24, 2.45) is 46.8 Å². The van der Waals surface area contributed by atoms with Crippen molar-refractivity contribution in [3.05, 3.63) is 35.4 Å². The van der Waals surface area contributed by atoms with E-state index in [1.54, 1.807) is 0 Å². The second-order valence-electron chi connectivity index (χ2n) is 11.3. The summed E-state index contributed by atoms with van der Waals surface area (Å²) in [5.41, 5.74) is 2.44. The van der Waals surface area contributed by atoms with E-state index in [2.05, 4.69) is 45.0 Å². The minimum absolute atomic E-state index is 0.248. The van der Waals surface area contributed by atoms with Crippen molar-refractivity contribution in [1.82, 2.24) is 0 Å². The number of aryl methyl sites for hydroxylation is 1. The molecule has 0 bridgehead atoms. The lowest BCUT2D eigenvalue weighted by atomic mass is 9.49. The summed E-state index contributed by atoms with van der Waals surface area (Å²) in [5, 5.41) is 0. The molecule has 152 valence electrons. The summed E-state index contributed by atoms with van der Waals surface area (Å²) in [4.78, 5) is 13.4. The molecule has 0 spiro atoms. The van der Waals surface area contributed by atoms with Crippen LogP contribution in [0.1, 0.15) is 87.6 Å². The van der Waals surface area contributed by atoms with Gasteiger partial charge in [-0.3, -0.25) is 4.79 Å². The molecule has 0 aromatic heterocycles. The highest BCUT2D eigenvalue weighted by Crippen LogP contribution is 2.64. The number of hydrogen-bond donors (Lipinski definition) is 0. The van der Waals surface area contributed by atoms with Gasteiger partial charge in [0.2, 0.25) is 0 Å². The molecule has 0 saturated heterocycles. The molecule has 8 unspecified atom stereocenters. The molecule has 1 nitrogen and oxygen atoms in total. The van der Waals surface area contributed by atoms with Crippen LogP contribution >= 0.6 is 0 Å². The van der Waals surface area contributed by atoms with Crippen LogP contribution in [0.25, 0.3) is 0 Å². The van der Waals surface area contributed by atoms with Gasteiger partial charge < -0.3 is 0 Å². The normalized spacial score (nSPS) is 45.0. The zero-order chi connectivity index (χ0) is 19.5. The Morgan fingerprint density at radius 1 is 0.893 bits per heavy atom. The first-order valence-corrected chi connectivity index (χ1v) is 12.1. The molecule has 1 aromatic carbocycles. The molecule has 1 heteroatoms. The predicted molar refractivity (Wildman–Crippen MR) is 115 cm³/mol. The fourth-order valence-electron chi connectivity index (χ4n) is 8.44. The lowest BCUT2D eigenvalue weighted by molar-refractivity contribution is -0.0634. The van der Waals surface area contributed by atoms with Crippen molar-refractivity contribution in [3.8, 4) is 0 Å². The zero-order valence-corrected chi connectivity index (χ0v) is 18.1. The van der Waals surface area contributed by atoms with E-state index in [0.717, 1.165) is 47.5 Å². The number of carbonyl (C=O) groups excluding carboxylic acids is 1. The second-order valence-corrected chi connectivity index (χ2v) is 11.3. The number of rotatable bonds is 2. The first kappa shape index (κ1) is 18.9. The van der Waals surface area contributed by atoms with E-state index in [4.69, 9.17) is 0 Å². The SMILES string of the molecule is Cc1ccc(C(=O)C2CCC3C4CCC5CC(C)CCC5C4CCC23C)cc1. The maximum atomic E-state index is 13.4. The number of benzene rings is 1. The van der Waals surface area contributed by atoms with E-state index in [-0.39, 0.29) is 11.3 Å². The van der Waals surface area contributed by atoms with Crippen LogP contribution in [0.5, 0.6) is 0 Å². The number of hydrogen-bond acceptors (Lipinski definition) is 1. The lowest BCUT2D eigenvalue weighted by Crippen LogP contribution is -2.49. The summed E-state index contributed by atoms with van der Waals surface area (Å²) < 4.78 is 0. The molecular formula is C27H38O. The Balaban J connectivity index is 1.37. The molecular weight excluding hydrogens is 340 g/mol. The van der Waals surface area contributed by atoms with Gasteiger partial charge in [-0.25, -0.2) is 0 Å². The molecule has 28 heavy (non-hydrogen) atoms. The minimum atomic E-state index is 0.248. The monoisotopic (exact) mass is 378 g/mol. The van der Waals surface area contributed by atoms with Gasteiger partial charge in [0.05, 0.1) is 0 Å². The fourth-order valence-corrected chi connectivity index (χ4v) is 8.44. The summed E-state index contributed by atoms with van der Waals surface area (Å²) in [7, 11) is 0. The van der Waals surface area contributed by atoms with E-state index in [9.17, 15) is 4.79 Å². The van der Waals surface area contributed by atoms with Gasteiger partial charge >= 0.3 is 0 Å². The molecule has 4 aliphatic carbocycles. The third kappa shape index (κ3) is 2.91. The highest BCUT2D eigenvalue weighted by atomic mass is 16.1. The Hall–Kier alpha value is -1.11. The van der Waals surface area contributed by atoms with Gasteiger partial charge in [0.1, 0.15) is 0 Å². The van der Waals surface area contributed by atoms with Crippen molar-refractivity contribution in [1.29, 1.82) is 0 Å². The first-order valence-electron chi connectivity index (χ1n) is 12.1. The Labute approximate surface area is 171 Å². The van der Waals surface area contributed by atoms with Crippen LogP contribution in [0.3, 0.4) is 0 Å². The van der Waals surface area contributed by atoms with E-state index >= 15 is 0 Å². The van der Waals surface area contributed by atoms with Crippen LogP contribution in [0.15, 0.2) is 24.3 Å². The van der Waals surface area contributed by atoms with Gasteiger partial charge in [0, 0.05) is 11.5 Å². The summed E-state index contributed by atoms with van der Waals surface area (Å²) in [6, 6.07) is 8.33. The minimum Gasteiger partial charge on any atom is -0.294 e. The smallest absolute Gasteiger partial charge is 0.166 e. The summed E-state index contributed by atoms with van der Waals surface area (Å²) in [6.07, 6.45) is 12.5. The maximum Gasteiger partial charge on any atom is 0.166 e. The Bertz CT molecular complexity index is 733. The Morgan fingerprint density at radius 2 is 1.64 bits per heavy atom. The Morgan fingerprint density at radius 3 is 2.43 bits per heavy atom. The number of fused-ring (bicyclic) bond motifs is 5. The molecule has 5 rings (SSSR count). The van der Waals surface area contributed by atoms with Crippen LogP contribution in [0.2, 0.25) is 0 Å². The maximum absolute atomic E-state index is 13.4. The number of ketones is 1. The topological polar surface area (TPSA) is 17.1 Å². The molecule has 0 N–H and O–H groups in total. The summed E-state index contributed by atoms with van der Waals surface area (Å²) >= 11 is 0. The van der Waals surface area contributed by atoms with E-state index < -0.39 is 0 Å². The van der Waals surface area contributed by atoms with Crippen LogP contribution in [-0.2, 0) is 0 Å². The Kier molecular flexibility index (Phi) is 4.72. The first-order chi connectivity index (χ1) is 13.5. The predicted octanol–water partition coefficient (Wildman–Crippen LogP) is 7.08. The molecule has 4 fully saturated rings. The van der Waals surface area contributed by atoms with Gasteiger partial charge in [-0.15, -0.1) is 0 Å². The molecule has 8 atom stereocenters. The van der Waals surface area contributed by atoms with Gasteiger partial charge in [0.15, 0.2) is 5.78 Å². The average molecular weight is 379 g/mol. The summed E-state index contributed by atoms with van der Waals surface area (Å²) in [6.45, 7) is 7.07. The van der Waals surface area contributed by atoms with E-state index in [1.165, 1.54) is 56.9 Å². The lowest BCUT2D eigenvalue weighted by Gasteiger charge is -2.56. The highest BCUT2D eigenvalue weighted by Gasteiger charge is 2.58. The van der Waals surface area contributed by atoms with E-state index in [1.807, 2.05) is 0 Å². The van der Waals surface area contributed by atoms with Crippen LogP contribution in [-0.4, -0.2) is 5.78 Å². The second kappa shape index (κ2) is 6.99. The summed E-state index contributed by atoms with van der Waals surface area (Å²) in [5.74, 6) is 6.34. The van der Waals surface area contributed by atoms with Crippen LogP contribution in [0.4, 0.5) is 0 Å². The van der Waals surface area contributed by atoms with Crippen LogP contribution < -0.4 is 0 Å². The molecule has 4 aliphatic rings. The molecule has 0 amide bonds. The molecule has 0 aliphatic heterocycles.